The molecule has 1 aromatic heterocycles. The van der Waals surface area contributed by atoms with E-state index < -0.39 is 10.0 Å². The minimum atomic E-state index is -3.66. The Labute approximate surface area is 183 Å². The topological polar surface area (TPSA) is 95.1 Å². The fourth-order valence-electron chi connectivity index (χ4n) is 3.21. The van der Waals surface area contributed by atoms with Gasteiger partial charge in [0.2, 0.25) is 10.0 Å². The van der Waals surface area contributed by atoms with Crippen LogP contribution in [-0.2, 0) is 21.3 Å². The molecule has 0 bridgehead atoms. The van der Waals surface area contributed by atoms with E-state index in [9.17, 15) is 13.2 Å². The monoisotopic (exact) mass is 447 g/mol. The van der Waals surface area contributed by atoms with Crippen LogP contribution >= 0.6 is 0 Å². The Morgan fingerprint density at radius 3 is 2.42 bits per heavy atom. The number of morpholine rings is 1. The predicted octanol–water partition coefficient (Wildman–Crippen LogP) is 1.16. The van der Waals surface area contributed by atoms with E-state index in [1.165, 1.54) is 20.2 Å². The van der Waals surface area contributed by atoms with Crippen molar-refractivity contribution in [2.45, 2.75) is 11.4 Å². The number of nitrogens with zero attached hydrogens (tertiary/aromatic N) is 4. The summed E-state index contributed by atoms with van der Waals surface area (Å²) in [6, 6.07) is 8.47. The molecule has 0 spiro atoms. The summed E-state index contributed by atoms with van der Waals surface area (Å²) in [5.74, 6) is 0.486. The van der Waals surface area contributed by atoms with Crippen LogP contribution in [0.5, 0.6) is 0 Å². The highest BCUT2D eigenvalue weighted by Crippen LogP contribution is 2.26. The number of benzene rings is 1. The molecule has 0 unspecified atom stereocenters. The van der Waals surface area contributed by atoms with Gasteiger partial charge in [0.15, 0.2) is 0 Å². The summed E-state index contributed by atoms with van der Waals surface area (Å²) in [6.45, 7) is 2.67. The van der Waals surface area contributed by atoms with Crippen molar-refractivity contribution in [1.82, 2.24) is 14.6 Å². The second kappa shape index (κ2) is 9.63. The fourth-order valence-corrected chi connectivity index (χ4v) is 4.14. The zero-order valence-electron chi connectivity index (χ0n) is 18.3. The Kier molecular flexibility index (Phi) is 7.14. The van der Waals surface area contributed by atoms with Gasteiger partial charge >= 0.3 is 0 Å². The van der Waals surface area contributed by atoms with Crippen molar-refractivity contribution in [2.75, 3.05) is 64.3 Å². The van der Waals surface area contributed by atoms with Crippen LogP contribution in [0.15, 0.2) is 41.4 Å². The zero-order valence-corrected chi connectivity index (χ0v) is 19.1. The number of ether oxygens (including phenoxy) is 1. The molecule has 1 aromatic carbocycles. The third-order valence-corrected chi connectivity index (χ3v) is 6.87. The number of sulfonamides is 1. The second-order valence-corrected chi connectivity index (χ2v) is 9.82. The highest BCUT2D eigenvalue weighted by molar-refractivity contribution is 7.89. The molecule has 0 atom stereocenters. The molecule has 2 aromatic rings. The van der Waals surface area contributed by atoms with Crippen LogP contribution in [0.1, 0.15) is 15.9 Å². The number of carbonyl (C=O) groups excluding carboxylic acids is 1. The summed E-state index contributed by atoms with van der Waals surface area (Å²) in [7, 11) is 3.09. The van der Waals surface area contributed by atoms with E-state index >= 15 is 0 Å². The molecule has 1 saturated heterocycles. The molecule has 2 heterocycles. The van der Waals surface area contributed by atoms with Crippen LogP contribution in [-0.4, -0.2) is 78.1 Å². The van der Waals surface area contributed by atoms with Crippen molar-refractivity contribution in [2.24, 2.45) is 0 Å². The molecular weight excluding hydrogens is 418 g/mol. The summed E-state index contributed by atoms with van der Waals surface area (Å²) in [6.07, 6.45) is 1.71. The summed E-state index contributed by atoms with van der Waals surface area (Å²) >= 11 is 0. The number of pyridine rings is 1. The highest BCUT2D eigenvalue weighted by Gasteiger charge is 2.24. The number of nitrogens with one attached hydrogen (secondary N) is 1. The van der Waals surface area contributed by atoms with Gasteiger partial charge in [0.05, 0.1) is 23.7 Å². The van der Waals surface area contributed by atoms with E-state index in [1.807, 2.05) is 36.0 Å². The van der Waals surface area contributed by atoms with Crippen molar-refractivity contribution in [3.8, 4) is 0 Å². The summed E-state index contributed by atoms with van der Waals surface area (Å²) < 4.78 is 31.8. The van der Waals surface area contributed by atoms with Gasteiger partial charge in [-0.1, -0.05) is 6.07 Å². The number of aromatic nitrogens is 1. The molecule has 1 fully saturated rings. The molecule has 0 radical (unpaired) electrons. The Morgan fingerprint density at radius 2 is 1.84 bits per heavy atom. The van der Waals surface area contributed by atoms with Gasteiger partial charge in [-0.25, -0.2) is 17.7 Å². The second-order valence-electron chi connectivity index (χ2n) is 7.67. The summed E-state index contributed by atoms with van der Waals surface area (Å²) in [5, 5.41) is 2.89. The van der Waals surface area contributed by atoms with E-state index in [0.29, 0.717) is 37.6 Å². The van der Waals surface area contributed by atoms with Gasteiger partial charge in [0.25, 0.3) is 5.91 Å². The molecule has 168 valence electrons. The van der Waals surface area contributed by atoms with E-state index in [4.69, 9.17) is 4.74 Å². The summed E-state index contributed by atoms with van der Waals surface area (Å²) in [4.78, 5) is 21.5. The summed E-state index contributed by atoms with van der Waals surface area (Å²) in [5.41, 5.74) is 1.87. The lowest BCUT2D eigenvalue weighted by Crippen LogP contribution is -2.38. The quantitative estimate of drug-likeness (QED) is 0.681. The maximum absolute atomic E-state index is 13.1. The van der Waals surface area contributed by atoms with Gasteiger partial charge in [-0.15, -0.1) is 0 Å². The minimum absolute atomic E-state index is 0.0802. The van der Waals surface area contributed by atoms with Crippen LogP contribution in [0.2, 0.25) is 0 Å². The standard InChI is InChI=1S/C21H29N5O4S/c1-24(2)20-8-5-16(14-22-20)15-23-21(27)18-13-17(31(28,29)25(3)4)6-7-19(18)26-9-11-30-12-10-26/h5-8,13-14H,9-12,15H2,1-4H3,(H,23,27). The largest absolute Gasteiger partial charge is 0.378 e. The molecular formula is C21H29N5O4S. The normalized spacial score (nSPS) is 14.5. The molecule has 0 saturated carbocycles. The maximum Gasteiger partial charge on any atom is 0.253 e. The highest BCUT2D eigenvalue weighted by atomic mass is 32.2. The van der Waals surface area contributed by atoms with Crippen LogP contribution in [0.4, 0.5) is 11.5 Å². The Bertz CT molecular complexity index is 1020. The minimum Gasteiger partial charge on any atom is -0.378 e. The SMILES string of the molecule is CN(C)c1ccc(CNC(=O)c2cc(S(=O)(=O)N(C)C)ccc2N2CCOCC2)cn1. The van der Waals surface area contributed by atoms with Gasteiger partial charge in [0.1, 0.15) is 5.82 Å². The zero-order chi connectivity index (χ0) is 22.6. The number of amides is 1. The van der Waals surface area contributed by atoms with E-state index in [0.717, 1.165) is 15.7 Å². The van der Waals surface area contributed by atoms with Crippen molar-refractivity contribution in [3.63, 3.8) is 0 Å². The van der Waals surface area contributed by atoms with Crippen LogP contribution in [0, 0.1) is 0 Å². The average molecular weight is 448 g/mol. The molecule has 10 heteroatoms. The number of rotatable bonds is 7. The van der Waals surface area contributed by atoms with E-state index in [-0.39, 0.29) is 17.3 Å². The predicted molar refractivity (Wildman–Crippen MR) is 120 cm³/mol. The Morgan fingerprint density at radius 1 is 1.13 bits per heavy atom. The van der Waals surface area contributed by atoms with Crippen LogP contribution in [0.3, 0.4) is 0 Å². The Balaban J connectivity index is 1.87. The molecule has 1 aliphatic heterocycles. The third-order valence-electron chi connectivity index (χ3n) is 5.06. The number of hydrogen-bond acceptors (Lipinski definition) is 7. The average Bonchev–Trinajstić information content (AvgIpc) is 2.77. The lowest BCUT2D eigenvalue weighted by atomic mass is 10.1. The first-order valence-electron chi connectivity index (χ1n) is 10.00. The first-order chi connectivity index (χ1) is 14.7. The van der Waals surface area contributed by atoms with E-state index in [2.05, 4.69) is 10.3 Å². The van der Waals surface area contributed by atoms with Gasteiger partial charge in [0, 0.05) is 59.7 Å². The lowest BCUT2D eigenvalue weighted by molar-refractivity contribution is 0.0949. The maximum atomic E-state index is 13.1. The molecule has 1 N–H and O–H groups in total. The third kappa shape index (κ3) is 5.33. The molecule has 9 nitrogen and oxygen atoms in total. The number of carbonyl (C=O) groups is 1. The number of hydrogen-bond donors (Lipinski definition) is 1. The first-order valence-corrected chi connectivity index (χ1v) is 11.4. The Hall–Kier alpha value is -2.69. The van der Waals surface area contributed by atoms with Crippen LogP contribution < -0.4 is 15.1 Å². The smallest absolute Gasteiger partial charge is 0.253 e. The van der Waals surface area contributed by atoms with Gasteiger partial charge in [-0.05, 0) is 29.8 Å². The van der Waals surface area contributed by atoms with Gasteiger partial charge < -0.3 is 19.9 Å². The number of anilines is 2. The molecule has 1 aliphatic rings. The lowest BCUT2D eigenvalue weighted by Gasteiger charge is -2.30. The molecule has 0 aliphatic carbocycles. The van der Waals surface area contributed by atoms with Crippen molar-refractivity contribution in [3.05, 3.63) is 47.7 Å². The first kappa shape index (κ1) is 23.0. The molecule has 3 rings (SSSR count). The van der Waals surface area contributed by atoms with Gasteiger partial charge in [-0.3, -0.25) is 4.79 Å². The van der Waals surface area contributed by atoms with Crippen molar-refractivity contribution < 1.29 is 17.9 Å². The fraction of sp³-hybridized carbons (Fsp3) is 0.429. The molecule has 1 amide bonds. The van der Waals surface area contributed by atoms with Crippen molar-refractivity contribution >= 4 is 27.4 Å². The van der Waals surface area contributed by atoms with Gasteiger partial charge in [-0.2, -0.15) is 0 Å². The molecule has 31 heavy (non-hydrogen) atoms. The van der Waals surface area contributed by atoms with E-state index in [1.54, 1.807) is 18.3 Å². The van der Waals surface area contributed by atoms with Crippen molar-refractivity contribution in [1.29, 1.82) is 0 Å². The van der Waals surface area contributed by atoms with Crippen LogP contribution in [0.25, 0.3) is 0 Å².